The Bertz CT molecular complexity index is 241. The highest BCUT2D eigenvalue weighted by Gasteiger charge is 2.41. The third-order valence-electron chi connectivity index (χ3n) is 3.10. The minimum Gasteiger partial charge on any atom is -0.373 e. The molecule has 2 saturated heterocycles. The first-order valence-corrected chi connectivity index (χ1v) is 5.12. The van der Waals surface area contributed by atoms with E-state index in [1.807, 2.05) is 0 Å². The Labute approximate surface area is 77.7 Å². The van der Waals surface area contributed by atoms with Crippen molar-refractivity contribution < 1.29 is 4.74 Å². The standard InChI is InChI=1S/C9H15N3O/c1-2-8-7(5-6(1)13-8)12-9-10-3-4-11-9/h6-8H,1-5H2,(H2,10,11,12). The maximum Gasteiger partial charge on any atom is 0.191 e. The maximum atomic E-state index is 5.75. The topological polar surface area (TPSA) is 45.6 Å². The van der Waals surface area contributed by atoms with Crippen molar-refractivity contribution in [3.8, 4) is 0 Å². The fourth-order valence-corrected chi connectivity index (χ4v) is 2.46. The average Bonchev–Trinajstić information content (AvgIpc) is 2.77. The summed E-state index contributed by atoms with van der Waals surface area (Å²) in [4.78, 5) is 4.32. The molecule has 0 radical (unpaired) electrons. The molecule has 2 bridgehead atoms. The molecule has 0 aromatic carbocycles. The predicted molar refractivity (Wildman–Crippen MR) is 49.7 cm³/mol. The van der Waals surface area contributed by atoms with Gasteiger partial charge in [-0.1, -0.05) is 0 Å². The number of rotatable bonds is 1. The van der Waals surface area contributed by atoms with E-state index in [0.29, 0.717) is 18.2 Å². The van der Waals surface area contributed by atoms with Crippen molar-refractivity contribution in [2.75, 3.05) is 13.1 Å². The van der Waals surface area contributed by atoms with E-state index in [-0.39, 0.29) is 0 Å². The lowest BCUT2D eigenvalue weighted by Crippen LogP contribution is -2.45. The normalized spacial score (nSPS) is 41.8. The number of guanidine groups is 1. The van der Waals surface area contributed by atoms with E-state index in [9.17, 15) is 0 Å². The third-order valence-corrected chi connectivity index (χ3v) is 3.10. The maximum absolute atomic E-state index is 5.75. The van der Waals surface area contributed by atoms with Crippen LogP contribution in [0.5, 0.6) is 0 Å². The molecule has 0 aromatic heterocycles. The van der Waals surface area contributed by atoms with E-state index < -0.39 is 0 Å². The van der Waals surface area contributed by atoms with Gasteiger partial charge in [-0.2, -0.15) is 0 Å². The Morgan fingerprint density at radius 1 is 1.46 bits per heavy atom. The number of ether oxygens (including phenoxy) is 1. The molecular weight excluding hydrogens is 166 g/mol. The van der Waals surface area contributed by atoms with Crippen LogP contribution in [0.4, 0.5) is 0 Å². The van der Waals surface area contributed by atoms with Crippen LogP contribution in [0.15, 0.2) is 4.99 Å². The molecule has 0 saturated carbocycles. The summed E-state index contributed by atoms with van der Waals surface area (Å²) >= 11 is 0. The number of nitrogens with one attached hydrogen (secondary N) is 2. The van der Waals surface area contributed by atoms with Gasteiger partial charge in [-0.3, -0.25) is 4.99 Å². The first-order chi connectivity index (χ1) is 6.42. The smallest absolute Gasteiger partial charge is 0.191 e. The zero-order valence-electron chi connectivity index (χ0n) is 7.62. The molecule has 3 aliphatic heterocycles. The molecule has 4 nitrogen and oxygen atoms in total. The SMILES string of the molecule is C1CNC(NC2CC3CCC2O3)=N1. The molecule has 3 atom stereocenters. The summed E-state index contributed by atoms with van der Waals surface area (Å²) in [5, 5.41) is 6.65. The Kier molecular flexibility index (Phi) is 1.68. The van der Waals surface area contributed by atoms with Crippen molar-refractivity contribution in [1.82, 2.24) is 10.6 Å². The molecule has 3 heterocycles. The molecule has 0 aromatic rings. The highest BCUT2D eigenvalue weighted by molar-refractivity contribution is 5.81. The lowest BCUT2D eigenvalue weighted by atomic mass is 9.96. The summed E-state index contributed by atoms with van der Waals surface area (Å²) in [6.45, 7) is 1.88. The van der Waals surface area contributed by atoms with E-state index in [4.69, 9.17) is 4.74 Å². The number of nitrogens with zero attached hydrogens (tertiary/aromatic N) is 1. The first-order valence-electron chi connectivity index (χ1n) is 5.12. The predicted octanol–water partition coefficient (Wildman–Crippen LogP) is -0.145. The fourth-order valence-electron chi connectivity index (χ4n) is 2.46. The van der Waals surface area contributed by atoms with Crippen LogP contribution in [0.3, 0.4) is 0 Å². The second-order valence-electron chi connectivity index (χ2n) is 4.02. The zero-order valence-corrected chi connectivity index (χ0v) is 7.62. The lowest BCUT2D eigenvalue weighted by Gasteiger charge is -2.20. The quantitative estimate of drug-likeness (QED) is 0.591. The first kappa shape index (κ1) is 7.62. The van der Waals surface area contributed by atoms with Crippen molar-refractivity contribution in [2.45, 2.75) is 37.5 Å². The van der Waals surface area contributed by atoms with Crippen LogP contribution >= 0.6 is 0 Å². The van der Waals surface area contributed by atoms with E-state index in [2.05, 4.69) is 15.6 Å². The van der Waals surface area contributed by atoms with Gasteiger partial charge in [0.1, 0.15) is 0 Å². The zero-order chi connectivity index (χ0) is 8.67. The second kappa shape index (κ2) is 2.87. The highest BCUT2D eigenvalue weighted by Crippen LogP contribution is 2.34. The van der Waals surface area contributed by atoms with E-state index in [1.54, 1.807) is 0 Å². The van der Waals surface area contributed by atoms with Gasteiger partial charge < -0.3 is 15.4 Å². The van der Waals surface area contributed by atoms with E-state index >= 15 is 0 Å². The molecule has 3 unspecified atom stereocenters. The van der Waals surface area contributed by atoms with Crippen LogP contribution in [-0.2, 0) is 4.74 Å². The molecule has 3 aliphatic rings. The van der Waals surface area contributed by atoms with Crippen molar-refractivity contribution in [2.24, 2.45) is 4.99 Å². The highest BCUT2D eigenvalue weighted by atomic mass is 16.5. The summed E-state index contributed by atoms with van der Waals surface area (Å²) in [6, 6.07) is 0.503. The van der Waals surface area contributed by atoms with Gasteiger partial charge in [0, 0.05) is 6.54 Å². The van der Waals surface area contributed by atoms with Gasteiger partial charge in [0.05, 0.1) is 24.8 Å². The molecule has 13 heavy (non-hydrogen) atoms. The number of hydrogen-bond acceptors (Lipinski definition) is 4. The van der Waals surface area contributed by atoms with Crippen molar-refractivity contribution in [3.63, 3.8) is 0 Å². The summed E-state index contributed by atoms with van der Waals surface area (Å²) in [5.74, 6) is 0.973. The van der Waals surface area contributed by atoms with Gasteiger partial charge in [-0.25, -0.2) is 0 Å². The minimum absolute atomic E-state index is 0.440. The van der Waals surface area contributed by atoms with Gasteiger partial charge in [-0.15, -0.1) is 0 Å². The summed E-state index contributed by atoms with van der Waals surface area (Å²) in [5.41, 5.74) is 0. The monoisotopic (exact) mass is 181 g/mol. The molecule has 0 amide bonds. The molecule has 4 heteroatoms. The fraction of sp³-hybridized carbons (Fsp3) is 0.889. The molecule has 72 valence electrons. The Hall–Kier alpha value is -0.770. The molecule has 2 N–H and O–H groups in total. The molecule has 3 rings (SSSR count). The van der Waals surface area contributed by atoms with Crippen molar-refractivity contribution in [3.05, 3.63) is 0 Å². The minimum atomic E-state index is 0.440. The number of fused-ring (bicyclic) bond motifs is 2. The van der Waals surface area contributed by atoms with Crippen LogP contribution in [0.25, 0.3) is 0 Å². The third kappa shape index (κ3) is 1.29. The summed E-state index contributed by atoms with van der Waals surface area (Å²) < 4.78 is 5.75. The molecule has 0 spiro atoms. The van der Waals surface area contributed by atoms with Crippen molar-refractivity contribution >= 4 is 5.96 Å². The molecular formula is C9H15N3O. The van der Waals surface area contributed by atoms with Gasteiger partial charge >= 0.3 is 0 Å². The van der Waals surface area contributed by atoms with E-state index in [1.165, 1.54) is 12.8 Å². The number of aliphatic imine (C=N–C) groups is 1. The molecule has 2 fully saturated rings. The summed E-state index contributed by atoms with van der Waals surface area (Å²) in [7, 11) is 0. The van der Waals surface area contributed by atoms with Crippen LogP contribution in [0.1, 0.15) is 19.3 Å². The second-order valence-corrected chi connectivity index (χ2v) is 4.02. The van der Waals surface area contributed by atoms with Gasteiger partial charge in [0.25, 0.3) is 0 Å². The Morgan fingerprint density at radius 3 is 3.08 bits per heavy atom. The Balaban J connectivity index is 1.61. The van der Waals surface area contributed by atoms with E-state index in [0.717, 1.165) is 25.5 Å². The van der Waals surface area contributed by atoms with Crippen molar-refractivity contribution in [1.29, 1.82) is 0 Å². The van der Waals surface area contributed by atoms with Gasteiger partial charge in [-0.05, 0) is 19.3 Å². The number of hydrogen-bond donors (Lipinski definition) is 2. The van der Waals surface area contributed by atoms with Gasteiger partial charge in [0.2, 0.25) is 0 Å². The van der Waals surface area contributed by atoms with Gasteiger partial charge in [0.15, 0.2) is 5.96 Å². The lowest BCUT2D eigenvalue weighted by molar-refractivity contribution is 0.0992. The molecule has 0 aliphatic carbocycles. The average molecular weight is 181 g/mol. The van der Waals surface area contributed by atoms with Crippen LogP contribution in [0.2, 0.25) is 0 Å². The summed E-state index contributed by atoms with van der Waals surface area (Å²) in [6.07, 6.45) is 4.59. The van der Waals surface area contributed by atoms with Crippen LogP contribution in [0, 0.1) is 0 Å². The largest absolute Gasteiger partial charge is 0.373 e. The van der Waals surface area contributed by atoms with Crippen LogP contribution in [-0.4, -0.2) is 37.3 Å². The van der Waals surface area contributed by atoms with Crippen LogP contribution < -0.4 is 10.6 Å². The Morgan fingerprint density at radius 2 is 2.46 bits per heavy atom.